The third-order valence-electron chi connectivity index (χ3n) is 2.90. The second-order valence-corrected chi connectivity index (χ2v) is 4.32. The molecule has 2 N–H and O–H groups in total. The molecule has 1 atom stereocenters. The van der Waals surface area contributed by atoms with E-state index in [1.54, 1.807) is 0 Å². The topological polar surface area (TPSA) is 44.5 Å². The molecule has 1 saturated heterocycles. The highest BCUT2D eigenvalue weighted by molar-refractivity contribution is 5.47. The maximum Gasteiger partial charge on any atom is 0.122 e. The highest BCUT2D eigenvalue weighted by atomic mass is 16.5. The lowest BCUT2D eigenvalue weighted by Gasteiger charge is -2.23. The van der Waals surface area contributed by atoms with E-state index < -0.39 is 0 Å². The molecule has 1 fully saturated rings. The second-order valence-electron chi connectivity index (χ2n) is 4.32. The number of aryl methyl sites for hydroxylation is 1. The van der Waals surface area contributed by atoms with Crippen molar-refractivity contribution in [3.63, 3.8) is 0 Å². The van der Waals surface area contributed by atoms with Crippen LogP contribution in [-0.4, -0.2) is 19.3 Å². The Hall–Kier alpha value is -1.22. The number of rotatable bonds is 3. The zero-order valence-electron chi connectivity index (χ0n) is 9.74. The molecule has 1 aromatic rings. The van der Waals surface area contributed by atoms with Crippen molar-refractivity contribution in [1.29, 1.82) is 0 Å². The van der Waals surface area contributed by atoms with E-state index in [-0.39, 0.29) is 6.10 Å². The monoisotopic (exact) mass is 221 g/mol. The first-order valence-electron chi connectivity index (χ1n) is 5.86. The molecule has 1 aromatic carbocycles. The summed E-state index contributed by atoms with van der Waals surface area (Å²) < 4.78 is 11.4. The summed E-state index contributed by atoms with van der Waals surface area (Å²) in [4.78, 5) is 0. The maximum absolute atomic E-state index is 5.75. The molecule has 0 radical (unpaired) electrons. The van der Waals surface area contributed by atoms with Gasteiger partial charge in [-0.2, -0.15) is 0 Å². The first-order chi connectivity index (χ1) is 7.75. The van der Waals surface area contributed by atoms with Gasteiger partial charge in [-0.05, 0) is 49.9 Å². The van der Waals surface area contributed by atoms with Crippen LogP contribution in [-0.2, 0) is 4.74 Å². The third-order valence-corrected chi connectivity index (χ3v) is 2.90. The molecule has 1 heterocycles. The van der Waals surface area contributed by atoms with Crippen LogP contribution in [0.1, 0.15) is 24.8 Å². The molecule has 1 aliphatic rings. The van der Waals surface area contributed by atoms with E-state index in [0.29, 0.717) is 6.61 Å². The van der Waals surface area contributed by atoms with Gasteiger partial charge in [-0.25, -0.2) is 0 Å². The number of ether oxygens (including phenoxy) is 2. The van der Waals surface area contributed by atoms with Crippen LogP contribution in [0.5, 0.6) is 5.75 Å². The standard InChI is InChI=1S/C13H19NO2/c1-10-8-11(14)5-6-13(10)16-9-12-4-2-3-7-15-12/h5-6,8,12H,2-4,7,9,14H2,1H3. The fourth-order valence-electron chi connectivity index (χ4n) is 1.96. The lowest BCUT2D eigenvalue weighted by molar-refractivity contribution is -0.0111. The SMILES string of the molecule is Cc1cc(N)ccc1OCC1CCCCO1. The van der Waals surface area contributed by atoms with Gasteiger partial charge in [0.25, 0.3) is 0 Å². The van der Waals surface area contributed by atoms with Gasteiger partial charge >= 0.3 is 0 Å². The Morgan fingerprint density at radius 1 is 1.44 bits per heavy atom. The van der Waals surface area contributed by atoms with Gasteiger partial charge in [0.2, 0.25) is 0 Å². The van der Waals surface area contributed by atoms with Crippen molar-refractivity contribution < 1.29 is 9.47 Å². The predicted octanol–water partition coefficient (Wildman–Crippen LogP) is 2.53. The molecule has 3 heteroatoms. The molecule has 1 unspecified atom stereocenters. The van der Waals surface area contributed by atoms with E-state index in [9.17, 15) is 0 Å². The van der Waals surface area contributed by atoms with Crippen LogP contribution < -0.4 is 10.5 Å². The Labute approximate surface area is 96.5 Å². The second kappa shape index (κ2) is 5.21. The summed E-state index contributed by atoms with van der Waals surface area (Å²) in [5, 5.41) is 0. The number of hydrogen-bond donors (Lipinski definition) is 1. The summed E-state index contributed by atoms with van der Waals surface area (Å²) in [6, 6.07) is 5.72. The van der Waals surface area contributed by atoms with Crippen LogP contribution >= 0.6 is 0 Å². The van der Waals surface area contributed by atoms with Crippen molar-refractivity contribution in [1.82, 2.24) is 0 Å². The Balaban J connectivity index is 1.88. The number of anilines is 1. The van der Waals surface area contributed by atoms with E-state index in [0.717, 1.165) is 30.0 Å². The van der Waals surface area contributed by atoms with E-state index in [1.807, 2.05) is 25.1 Å². The highest BCUT2D eigenvalue weighted by Crippen LogP contribution is 2.21. The van der Waals surface area contributed by atoms with Crippen LogP contribution in [0, 0.1) is 6.92 Å². The molecule has 0 spiro atoms. The Bertz CT molecular complexity index is 346. The summed E-state index contributed by atoms with van der Waals surface area (Å²) in [5.74, 6) is 0.906. The Kier molecular flexibility index (Phi) is 3.67. The Morgan fingerprint density at radius 3 is 3.00 bits per heavy atom. The van der Waals surface area contributed by atoms with Crippen LogP contribution in [0.25, 0.3) is 0 Å². The minimum absolute atomic E-state index is 0.255. The first-order valence-corrected chi connectivity index (χ1v) is 5.86. The number of hydrogen-bond acceptors (Lipinski definition) is 3. The predicted molar refractivity (Wildman–Crippen MR) is 64.7 cm³/mol. The van der Waals surface area contributed by atoms with Crippen LogP contribution in [0.4, 0.5) is 5.69 Å². The molecule has 3 nitrogen and oxygen atoms in total. The minimum atomic E-state index is 0.255. The smallest absolute Gasteiger partial charge is 0.122 e. The number of benzene rings is 1. The van der Waals surface area contributed by atoms with Gasteiger partial charge in [-0.3, -0.25) is 0 Å². The minimum Gasteiger partial charge on any atom is -0.491 e. The first kappa shape index (κ1) is 11.3. The lowest BCUT2D eigenvalue weighted by Crippen LogP contribution is -2.25. The quantitative estimate of drug-likeness (QED) is 0.798. The fourth-order valence-corrected chi connectivity index (χ4v) is 1.96. The maximum atomic E-state index is 5.75. The molecular weight excluding hydrogens is 202 g/mol. The van der Waals surface area contributed by atoms with Gasteiger partial charge in [-0.1, -0.05) is 0 Å². The molecule has 0 amide bonds. The van der Waals surface area contributed by atoms with E-state index >= 15 is 0 Å². The van der Waals surface area contributed by atoms with E-state index in [1.165, 1.54) is 12.8 Å². The van der Waals surface area contributed by atoms with Crippen molar-refractivity contribution in [2.45, 2.75) is 32.3 Å². The van der Waals surface area contributed by atoms with Gasteiger partial charge in [-0.15, -0.1) is 0 Å². The van der Waals surface area contributed by atoms with Crippen molar-refractivity contribution >= 4 is 5.69 Å². The zero-order valence-corrected chi connectivity index (χ0v) is 9.74. The summed E-state index contributed by atoms with van der Waals surface area (Å²) in [5.41, 5.74) is 7.54. The zero-order chi connectivity index (χ0) is 11.4. The Morgan fingerprint density at radius 2 is 2.31 bits per heavy atom. The summed E-state index contributed by atoms with van der Waals surface area (Å²) in [6.45, 7) is 3.52. The normalized spacial score (nSPS) is 20.7. The highest BCUT2D eigenvalue weighted by Gasteiger charge is 2.14. The molecule has 0 aliphatic carbocycles. The van der Waals surface area contributed by atoms with Crippen molar-refractivity contribution in [2.24, 2.45) is 0 Å². The third kappa shape index (κ3) is 2.89. The average molecular weight is 221 g/mol. The fraction of sp³-hybridized carbons (Fsp3) is 0.538. The number of nitrogens with two attached hydrogens (primary N) is 1. The molecule has 1 aliphatic heterocycles. The summed E-state index contributed by atoms with van der Waals surface area (Å²) in [7, 11) is 0. The molecule has 0 bridgehead atoms. The molecule has 0 saturated carbocycles. The summed E-state index contributed by atoms with van der Waals surface area (Å²) >= 11 is 0. The van der Waals surface area contributed by atoms with Crippen LogP contribution in [0.2, 0.25) is 0 Å². The largest absolute Gasteiger partial charge is 0.491 e. The van der Waals surface area contributed by atoms with Gasteiger partial charge in [0, 0.05) is 12.3 Å². The van der Waals surface area contributed by atoms with Crippen LogP contribution in [0.15, 0.2) is 18.2 Å². The number of nitrogen functional groups attached to an aromatic ring is 1. The summed E-state index contributed by atoms with van der Waals surface area (Å²) in [6.07, 6.45) is 3.78. The van der Waals surface area contributed by atoms with Crippen LogP contribution in [0.3, 0.4) is 0 Å². The van der Waals surface area contributed by atoms with Gasteiger partial charge in [0.1, 0.15) is 12.4 Å². The van der Waals surface area contributed by atoms with Gasteiger partial charge in [0.15, 0.2) is 0 Å². The molecule has 88 valence electrons. The van der Waals surface area contributed by atoms with Crippen molar-refractivity contribution in [3.05, 3.63) is 23.8 Å². The van der Waals surface area contributed by atoms with E-state index in [2.05, 4.69) is 0 Å². The van der Waals surface area contributed by atoms with Crippen molar-refractivity contribution in [2.75, 3.05) is 18.9 Å². The average Bonchev–Trinajstić information content (AvgIpc) is 2.29. The molecular formula is C13H19NO2. The van der Waals surface area contributed by atoms with E-state index in [4.69, 9.17) is 15.2 Å². The molecule has 0 aromatic heterocycles. The lowest BCUT2D eigenvalue weighted by atomic mass is 10.1. The van der Waals surface area contributed by atoms with Gasteiger partial charge < -0.3 is 15.2 Å². The van der Waals surface area contributed by atoms with Crippen molar-refractivity contribution in [3.8, 4) is 5.75 Å². The molecule has 16 heavy (non-hydrogen) atoms. The molecule has 2 rings (SSSR count). The van der Waals surface area contributed by atoms with Gasteiger partial charge in [0.05, 0.1) is 6.10 Å².